The van der Waals surface area contributed by atoms with E-state index in [1.54, 1.807) is 0 Å². The van der Waals surface area contributed by atoms with E-state index in [-0.39, 0.29) is 17.3 Å². The van der Waals surface area contributed by atoms with Gasteiger partial charge in [0.1, 0.15) is 5.41 Å². The molecule has 0 heterocycles. The number of rotatable bonds is 2. The average molecular weight is 216 g/mol. The molecule has 0 N–H and O–H groups in total. The maximum absolute atomic E-state index is 11.7. The molecule has 0 aromatic rings. The van der Waals surface area contributed by atoms with Crippen LogP contribution in [0.1, 0.15) is 20.8 Å². The van der Waals surface area contributed by atoms with Gasteiger partial charge in [-0.05, 0) is 23.6 Å². The zero-order chi connectivity index (χ0) is 11.1. The van der Waals surface area contributed by atoms with Gasteiger partial charge in [0.15, 0.2) is 5.05 Å². The Labute approximate surface area is 89.8 Å². The van der Waals surface area contributed by atoms with Crippen LogP contribution in [-0.2, 0) is 14.3 Å². The fourth-order valence-electron chi connectivity index (χ4n) is 2.31. The second-order valence-electron chi connectivity index (χ2n) is 4.23. The summed E-state index contributed by atoms with van der Waals surface area (Å²) in [7, 11) is 2.87. The lowest BCUT2D eigenvalue weighted by Gasteiger charge is -2.17. The number of carbonyl (C=O) groups is 1. The predicted molar refractivity (Wildman–Crippen MR) is 57.0 cm³/mol. The van der Waals surface area contributed by atoms with Crippen LogP contribution in [0.4, 0.5) is 0 Å². The van der Waals surface area contributed by atoms with Gasteiger partial charge in [-0.2, -0.15) is 0 Å². The standard InChI is InChI=1S/C10H16O3S/c1-6-9(2,3)10(6,7(11)12-4)8(14)13-5/h6H,1-5H3. The molecule has 1 aliphatic rings. The Morgan fingerprint density at radius 3 is 1.93 bits per heavy atom. The molecule has 4 heteroatoms. The number of hydrogen-bond acceptors (Lipinski definition) is 4. The van der Waals surface area contributed by atoms with Gasteiger partial charge in [-0.3, -0.25) is 4.79 Å². The molecule has 0 aliphatic heterocycles. The number of ether oxygens (including phenoxy) is 2. The van der Waals surface area contributed by atoms with Gasteiger partial charge in [-0.1, -0.05) is 20.8 Å². The van der Waals surface area contributed by atoms with Crippen molar-refractivity contribution in [2.75, 3.05) is 14.2 Å². The third-order valence-corrected chi connectivity index (χ3v) is 4.17. The fraction of sp³-hybridized carbons (Fsp3) is 0.800. The lowest BCUT2D eigenvalue weighted by atomic mass is 9.97. The molecule has 2 atom stereocenters. The van der Waals surface area contributed by atoms with Crippen LogP contribution in [0.2, 0.25) is 0 Å². The highest BCUT2D eigenvalue weighted by Gasteiger charge is 2.77. The molecule has 0 aromatic carbocycles. The summed E-state index contributed by atoms with van der Waals surface area (Å²) in [5.74, 6) is -0.128. The Kier molecular flexibility index (Phi) is 2.61. The second-order valence-corrected chi connectivity index (χ2v) is 4.61. The van der Waals surface area contributed by atoms with Gasteiger partial charge in [-0.25, -0.2) is 0 Å². The number of carbonyl (C=O) groups excluding carboxylic acids is 1. The van der Waals surface area contributed by atoms with Crippen molar-refractivity contribution in [3.8, 4) is 0 Å². The minimum atomic E-state index is -0.730. The second kappa shape index (κ2) is 3.19. The lowest BCUT2D eigenvalue weighted by molar-refractivity contribution is -0.146. The number of methoxy groups -OCH3 is 2. The van der Waals surface area contributed by atoms with Gasteiger partial charge in [0.05, 0.1) is 14.2 Å². The van der Waals surface area contributed by atoms with Crippen LogP contribution < -0.4 is 0 Å². The molecule has 0 saturated heterocycles. The molecule has 0 spiro atoms. The number of thiocarbonyl (C=S) groups is 1. The van der Waals surface area contributed by atoms with Crippen molar-refractivity contribution in [2.45, 2.75) is 20.8 Å². The summed E-state index contributed by atoms with van der Waals surface area (Å²) >= 11 is 5.10. The lowest BCUT2D eigenvalue weighted by Crippen LogP contribution is -2.32. The summed E-state index contributed by atoms with van der Waals surface area (Å²) in [6, 6.07) is 0. The monoisotopic (exact) mass is 216 g/mol. The minimum Gasteiger partial charge on any atom is -0.489 e. The van der Waals surface area contributed by atoms with E-state index in [1.165, 1.54) is 14.2 Å². The topological polar surface area (TPSA) is 35.5 Å². The number of hydrogen-bond donors (Lipinski definition) is 0. The van der Waals surface area contributed by atoms with Crippen LogP contribution in [0.3, 0.4) is 0 Å². The van der Waals surface area contributed by atoms with Gasteiger partial charge in [0.25, 0.3) is 0 Å². The maximum Gasteiger partial charge on any atom is 0.321 e. The number of esters is 1. The van der Waals surface area contributed by atoms with Crippen LogP contribution >= 0.6 is 12.2 Å². The molecule has 0 bridgehead atoms. The Morgan fingerprint density at radius 1 is 1.29 bits per heavy atom. The van der Waals surface area contributed by atoms with Crippen molar-refractivity contribution in [1.82, 2.24) is 0 Å². The Hall–Kier alpha value is -0.640. The molecule has 0 aromatic heterocycles. The average Bonchev–Trinajstić information content (AvgIpc) is 2.60. The van der Waals surface area contributed by atoms with Gasteiger partial charge in [0.2, 0.25) is 0 Å². The fourth-order valence-corrected chi connectivity index (χ4v) is 2.83. The summed E-state index contributed by atoms with van der Waals surface area (Å²) < 4.78 is 9.84. The Morgan fingerprint density at radius 2 is 1.71 bits per heavy atom. The summed E-state index contributed by atoms with van der Waals surface area (Å²) in [5, 5.41) is 0.335. The largest absolute Gasteiger partial charge is 0.489 e. The van der Waals surface area contributed by atoms with Crippen molar-refractivity contribution in [3.63, 3.8) is 0 Å². The minimum absolute atomic E-state index is 0.162. The van der Waals surface area contributed by atoms with E-state index in [0.29, 0.717) is 5.05 Å². The Balaban J connectivity index is 3.09. The van der Waals surface area contributed by atoms with Gasteiger partial charge < -0.3 is 9.47 Å². The van der Waals surface area contributed by atoms with Gasteiger partial charge >= 0.3 is 5.97 Å². The summed E-state index contributed by atoms with van der Waals surface area (Å²) in [6.45, 7) is 5.99. The molecule has 0 amide bonds. The van der Waals surface area contributed by atoms with Crippen molar-refractivity contribution in [1.29, 1.82) is 0 Å². The Bertz CT molecular complexity index is 267. The van der Waals surface area contributed by atoms with E-state index in [0.717, 1.165) is 0 Å². The molecule has 1 rings (SSSR count). The van der Waals surface area contributed by atoms with Crippen molar-refractivity contribution in [2.24, 2.45) is 16.7 Å². The molecule has 1 aliphatic carbocycles. The first-order valence-electron chi connectivity index (χ1n) is 4.54. The van der Waals surface area contributed by atoms with E-state index in [2.05, 4.69) is 0 Å². The van der Waals surface area contributed by atoms with Gasteiger partial charge in [0, 0.05) is 0 Å². The van der Waals surface area contributed by atoms with Crippen LogP contribution in [0.15, 0.2) is 0 Å². The van der Waals surface area contributed by atoms with E-state index < -0.39 is 5.41 Å². The highest BCUT2D eigenvalue weighted by atomic mass is 32.1. The smallest absolute Gasteiger partial charge is 0.321 e. The van der Waals surface area contributed by atoms with Crippen LogP contribution in [0, 0.1) is 16.7 Å². The third-order valence-electron chi connectivity index (χ3n) is 3.68. The SMILES string of the molecule is COC(=O)C1(C(=S)OC)C(C)C1(C)C. The van der Waals surface area contributed by atoms with Gasteiger partial charge in [-0.15, -0.1) is 0 Å². The van der Waals surface area contributed by atoms with Crippen LogP contribution in [-0.4, -0.2) is 25.2 Å². The maximum atomic E-state index is 11.7. The first kappa shape index (κ1) is 11.4. The summed E-state index contributed by atoms with van der Waals surface area (Å²) in [5.41, 5.74) is -0.904. The third kappa shape index (κ3) is 1.03. The highest BCUT2D eigenvalue weighted by Crippen LogP contribution is 2.70. The van der Waals surface area contributed by atoms with Crippen molar-refractivity contribution < 1.29 is 14.3 Å². The van der Waals surface area contributed by atoms with E-state index in [4.69, 9.17) is 21.7 Å². The molecule has 3 nitrogen and oxygen atoms in total. The zero-order valence-corrected chi connectivity index (χ0v) is 10.0. The first-order valence-corrected chi connectivity index (χ1v) is 4.95. The molecule has 1 saturated carbocycles. The first-order chi connectivity index (χ1) is 6.37. The molecule has 14 heavy (non-hydrogen) atoms. The normalized spacial score (nSPS) is 33.4. The summed E-state index contributed by atoms with van der Waals surface area (Å²) in [6.07, 6.45) is 0. The van der Waals surface area contributed by atoms with Crippen molar-refractivity contribution >= 4 is 23.2 Å². The predicted octanol–water partition coefficient (Wildman–Crippen LogP) is 1.80. The van der Waals surface area contributed by atoms with Crippen LogP contribution in [0.5, 0.6) is 0 Å². The van der Waals surface area contributed by atoms with E-state index in [9.17, 15) is 4.79 Å². The van der Waals surface area contributed by atoms with E-state index >= 15 is 0 Å². The van der Waals surface area contributed by atoms with Crippen molar-refractivity contribution in [3.05, 3.63) is 0 Å². The summed E-state index contributed by atoms with van der Waals surface area (Å²) in [4.78, 5) is 11.7. The highest BCUT2D eigenvalue weighted by molar-refractivity contribution is 7.80. The molecular formula is C10H16O3S. The molecule has 80 valence electrons. The quantitative estimate of drug-likeness (QED) is 0.521. The van der Waals surface area contributed by atoms with E-state index in [1.807, 2.05) is 20.8 Å². The molecule has 0 radical (unpaired) electrons. The molecular weight excluding hydrogens is 200 g/mol. The molecule has 2 unspecified atom stereocenters. The molecule has 1 fully saturated rings. The van der Waals surface area contributed by atoms with Crippen LogP contribution in [0.25, 0.3) is 0 Å². The zero-order valence-electron chi connectivity index (χ0n) is 9.21.